The molecule has 0 spiro atoms. The highest BCUT2D eigenvalue weighted by Gasteiger charge is 2.13. The third kappa shape index (κ3) is 4.60. The Morgan fingerprint density at radius 1 is 1.53 bits per heavy atom. The van der Waals surface area contributed by atoms with Crippen LogP contribution in [-0.2, 0) is 0 Å². The van der Waals surface area contributed by atoms with Crippen LogP contribution in [0, 0.1) is 11.8 Å². The molecule has 1 aliphatic rings. The average Bonchev–Trinajstić information content (AvgIpc) is 2.32. The van der Waals surface area contributed by atoms with Crippen LogP contribution in [-0.4, -0.2) is 0 Å². The Morgan fingerprint density at radius 2 is 2.29 bits per heavy atom. The number of rotatable bonds is 5. The van der Waals surface area contributed by atoms with E-state index in [9.17, 15) is 0 Å². The van der Waals surface area contributed by atoms with E-state index in [1.165, 1.54) is 18.4 Å². The van der Waals surface area contributed by atoms with E-state index in [1.807, 2.05) is 12.2 Å². The molecule has 1 rings (SSSR count). The molecule has 0 bridgehead atoms. The molecule has 0 heterocycles. The van der Waals surface area contributed by atoms with Crippen LogP contribution in [0.15, 0.2) is 60.3 Å². The van der Waals surface area contributed by atoms with Crippen LogP contribution in [0.2, 0.25) is 0 Å². The van der Waals surface area contributed by atoms with E-state index in [0.29, 0.717) is 11.8 Å². The monoisotopic (exact) mass is 228 g/mol. The predicted octanol–water partition coefficient (Wildman–Crippen LogP) is 5.22. The third-order valence-electron chi connectivity index (χ3n) is 3.49. The topological polar surface area (TPSA) is 0 Å². The summed E-state index contributed by atoms with van der Waals surface area (Å²) in [6.07, 6.45) is 17.2. The van der Waals surface area contributed by atoms with E-state index in [4.69, 9.17) is 0 Å². The second-order valence-electron chi connectivity index (χ2n) is 4.94. The van der Waals surface area contributed by atoms with Crippen LogP contribution in [0.5, 0.6) is 0 Å². The van der Waals surface area contributed by atoms with Crippen LogP contribution in [0.1, 0.15) is 33.6 Å². The summed E-state index contributed by atoms with van der Waals surface area (Å²) in [5.41, 5.74) is 3.02. The van der Waals surface area contributed by atoms with Gasteiger partial charge in [-0.25, -0.2) is 0 Å². The zero-order chi connectivity index (χ0) is 12.7. The smallest absolute Gasteiger partial charge is 0.0194 e. The first kappa shape index (κ1) is 13.8. The molecule has 0 saturated heterocycles. The van der Waals surface area contributed by atoms with Gasteiger partial charge in [0.1, 0.15) is 0 Å². The van der Waals surface area contributed by atoms with Gasteiger partial charge in [-0.15, -0.1) is 0 Å². The van der Waals surface area contributed by atoms with Crippen molar-refractivity contribution >= 4 is 0 Å². The van der Waals surface area contributed by atoms with E-state index in [1.54, 1.807) is 5.57 Å². The van der Waals surface area contributed by atoms with Gasteiger partial charge in [0.05, 0.1) is 0 Å². The highest BCUT2D eigenvalue weighted by molar-refractivity contribution is 5.23. The Morgan fingerprint density at radius 3 is 2.94 bits per heavy atom. The molecule has 0 heteroatoms. The molecule has 2 unspecified atom stereocenters. The lowest BCUT2D eigenvalue weighted by atomic mass is 9.85. The molecule has 0 aromatic carbocycles. The lowest BCUT2D eigenvalue weighted by Gasteiger charge is -2.21. The van der Waals surface area contributed by atoms with Crippen molar-refractivity contribution in [1.29, 1.82) is 0 Å². The summed E-state index contributed by atoms with van der Waals surface area (Å²) in [6.45, 7) is 10.5. The molecule has 0 aliphatic heterocycles. The van der Waals surface area contributed by atoms with Crippen LogP contribution < -0.4 is 0 Å². The zero-order valence-corrected chi connectivity index (χ0v) is 11.3. The van der Waals surface area contributed by atoms with Crippen molar-refractivity contribution in [2.75, 3.05) is 0 Å². The molecule has 0 fully saturated rings. The second-order valence-corrected chi connectivity index (χ2v) is 4.94. The van der Waals surface area contributed by atoms with Gasteiger partial charge in [-0.1, -0.05) is 74.1 Å². The first-order valence-electron chi connectivity index (χ1n) is 6.46. The molecule has 1 aliphatic carbocycles. The minimum absolute atomic E-state index is 0.615. The van der Waals surface area contributed by atoms with Gasteiger partial charge >= 0.3 is 0 Å². The van der Waals surface area contributed by atoms with Crippen LogP contribution >= 0.6 is 0 Å². The van der Waals surface area contributed by atoms with E-state index in [2.05, 4.69) is 57.7 Å². The Labute approximate surface area is 106 Å². The van der Waals surface area contributed by atoms with Gasteiger partial charge in [0.15, 0.2) is 0 Å². The largest absolute Gasteiger partial charge is 0.0991 e. The van der Waals surface area contributed by atoms with E-state index in [0.717, 1.165) is 0 Å². The van der Waals surface area contributed by atoms with Gasteiger partial charge < -0.3 is 0 Å². The first-order valence-corrected chi connectivity index (χ1v) is 6.46. The molecule has 0 aromatic heterocycles. The maximum atomic E-state index is 3.67. The molecule has 0 N–H and O–H groups in total. The zero-order valence-electron chi connectivity index (χ0n) is 11.3. The van der Waals surface area contributed by atoms with E-state index >= 15 is 0 Å². The van der Waals surface area contributed by atoms with Gasteiger partial charge in [-0.05, 0) is 31.6 Å². The summed E-state index contributed by atoms with van der Waals surface area (Å²) >= 11 is 0. The highest BCUT2D eigenvalue weighted by Crippen LogP contribution is 2.28. The molecule has 17 heavy (non-hydrogen) atoms. The van der Waals surface area contributed by atoms with E-state index in [-0.39, 0.29) is 0 Å². The van der Waals surface area contributed by atoms with Gasteiger partial charge in [0, 0.05) is 0 Å². The van der Waals surface area contributed by atoms with Crippen LogP contribution in [0.4, 0.5) is 0 Å². The quantitative estimate of drug-likeness (QED) is 0.566. The average molecular weight is 228 g/mol. The summed E-state index contributed by atoms with van der Waals surface area (Å²) in [6, 6.07) is 0. The minimum Gasteiger partial charge on any atom is -0.0991 e. The fraction of sp³-hybridized carbons (Fsp3) is 0.412. The summed E-state index contributed by atoms with van der Waals surface area (Å²) in [5, 5.41) is 0. The molecule has 0 radical (unpaired) electrons. The summed E-state index contributed by atoms with van der Waals surface area (Å²) in [7, 11) is 0. The third-order valence-corrected chi connectivity index (χ3v) is 3.49. The van der Waals surface area contributed by atoms with Gasteiger partial charge in [-0.2, -0.15) is 0 Å². The first-order chi connectivity index (χ1) is 8.15. The fourth-order valence-corrected chi connectivity index (χ4v) is 2.02. The van der Waals surface area contributed by atoms with Gasteiger partial charge in [0.2, 0.25) is 0 Å². The SMILES string of the molecule is C=C/C=C\C=C(/C)C(C)CC1=CC=CCC1C. The highest BCUT2D eigenvalue weighted by atomic mass is 14.2. The van der Waals surface area contributed by atoms with Crippen molar-refractivity contribution in [3.8, 4) is 0 Å². The van der Waals surface area contributed by atoms with Gasteiger partial charge in [0.25, 0.3) is 0 Å². The summed E-state index contributed by atoms with van der Waals surface area (Å²) in [4.78, 5) is 0. The van der Waals surface area contributed by atoms with Crippen molar-refractivity contribution in [2.45, 2.75) is 33.6 Å². The Balaban J connectivity index is 2.59. The number of allylic oxidation sites excluding steroid dienone is 9. The standard InChI is InChI=1S/C17H24/c1-5-6-7-10-14(2)16(4)13-17-12-9-8-11-15(17)3/h5-10,12,15-16H,1,11,13H2,2-4H3/b7-6-,14-10+. The Bertz CT molecular complexity index is 363. The van der Waals surface area contributed by atoms with Crippen molar-refractivity contribution in [3.05, 3.63) is 60.3 Å². The molecule has 0 aromatic rings. The van der Waals surface area contributed by atoms with Gasteiger partial charge in [-0.3, -0.25) is 0 Å². The lowest BCUT2D eigenvalue weighted by Crippen LogP contribution is -2.07. The van der Waals surface area contributed by atoms with Crippen LogP contribution in [0.3, 0.4) is 0 Å². The van der Waals surface area contributed by atoms with E-state index < -0.39 is 0 Å². The maximum Gasteiger partial charge on any atom is -0.0194 e. The van der Waals surface area contributed by atoms with Crippen molar-refractivity contribution in [1.82, 2.24) is 0 Å². The Kier molecular flexibility index (Phi) is 5.76. The molecule has 0 nitrogen and oxygen atoms in total. The van der Waals surface area contributed by atoms with Crippen LogP contribution in [0.25, 0.3) is 0 Å². The Hall–Kier alpha value is -1.30. The second kappa shape index (κ2) is 7.11. The fourth-order valence-electron chi connectivity index (χ4n) is 2.02. The van der Waals surface area contributed by atoms with Crippen molar-refractivity contribution < 1.29 is 0 Å². The maximum absolute atomic E-state index is 3.67. The minimum atomic E-state index is 0.615. The normalized spacial score (nSPS) is 22.6. The number of hydrogen-bond donors (Lipinski definition) is 0. The molecule has 2 atom stereocenters. The number of hydrogen-bond acceptors (Lipinski definition) is 0. The summed E-state index contributed by atoms with van der Waals surface area (Å²) in [5.74, 6) is 1.32. The molecule has 0 saturated carbocycles. The molecular weight excluding hydrogens is 204 g/mol. The van der Waals surface area contributed by atoms with Crippen molar-refractivity contribution in [3.63, 3.8) is 0 Å². The molecular formula is C17H24. The molecule has 0 amide bonds. The lowest BCUT2D eigenvalue weighted by molar-refractivity contribution is 0.579. The van der Waals surface area contributed by atoms with Crippen molar-refractivity contribution in [2.24, 2.45) is 11.8 Å². The summed E-state index contributed by atoms with van der Waals surface area (Å²) < 4.78 is 0. The predicted molar refractivity (Wildman–Crippen MR) is 77.9 cm³/mol. The molecule has 92 valence electrons.